The average Bonchev–Trinajstić information content (AvgIpc) is 3.87. The molecule has 0 amide bonds. The molecule has 0 fully saturated rings. The lowest BCUT2D eigenvalue weighted by Crippen LogP contribution is -2.39. The van der Waals surface area contributed by atoms with Crippen LogP contribution in [0.15, 0.2) is 164 Å². The second-order valence-corrected chi connectivity index (χ2v) is 12.9. The molecular formula is C44H38N8. The van der Waals surface area contributed by atoms with Crippen molar-refractivity contribution in [1.82, 2.24) is 39.7 Å². The Labute approximate surface area is 303 Å². The van der Waals surface area contributed by atoms with Gasteiger partial charge >= 0.3 is 0 Å². The zero-order valence-corrected chi connectivity index (χ0v) is 29.0. The van der Waals surface area contributed by atoms with E-state index in [4.69, 9.17) is 10.2 Å². The van der Waals surface area contributed by atoms with E-state index < -0.39 is 5.54 Å². The first kappa shape index (κ1) is 32.7. The van der Waals surface area contributed by atoms with E-state index in [1.807, 2.05) is 35.3 Å². The van der Waals surface area contributed by atoms with E-state index in [1.54, 1.807) is 6.33 Å². The number of aromatic nitrogens is 8. The molecule has 0 saturated carbocycles. The Balaban J connectivity index is 1.10. The van der Waals surface area contributed by atoms with Gasteiger partial charge in [-0.1, -0.05) is 153 Å². The predicted octanol–water partition coefficient (Wildman–Crippen LogP) is 8.89. The Kier molecular flexibility index (Phi) is 9.26. The third-order valence-corrected chi connectivity index (χ3v) is 9.61. The molecule has 8 heteroatoms. The van der Waals surface area contributed by atoms with Gasteiger partial charge in [-0.05, 0) is 50.2 Å². The molecule has 0 bridgehead atoms. The first-order chi connectivity index (χ1) is 25.7. The smallest absolute Gasteiger partial charge is 0.183 e. The monoisotopic (exact) mass is 678 g/mol. The van der Waals surface area contributed by atoms with Crippen LogP contribution in [0.1, 0.15) is 47.8 Å². The third-order valence-electron chi connectivity index (χ3n) is 9.61. The van der Waals surface area contributed by atoms with Crippen molar-refractivity contribution >= 4 is 0 Å². The Hall–Kier alpha value is -6.54. The lowest BCUT2D eigenvalue weighted by atomic mass is 9.77. The van der Waals surface area contributed by atoms with E-state index in [2.05, 4.69) is 159 Å². The van der Waals surface area contributed by atoms with Gasteiger partial charge in [0.15, 0.2) is 5.82 Å². The van der Waals surface area contributed by atoms with Gasteiger partial charge in [-0.25, -0.2) is 19.6 Å². The fourth-order valence-corrected chi connectivity index (χ4v) is 7.01. The Morgan fingerprint density at radius 2 is 1.13 bits per heavy atom. The van der Waals surface area contributed by atoms with Crippen LogP contribution in [0.4, 0.5) is 0 Å². The van der Waals surface area contributed by atoms with Gasteiger partial charge in [0.2, 0.25) is 0 Å². The average molecular weight is 679 g/mol. The standard InChI is InChI=1S/C44H38N8/c1-2-3-19-42-47-41(37-28-45-32-46-29-37)31-51(42)30-33-20-22-34(23-21-33)35-24-26-36(27-25-35)43-48-49-50-52(43)44(38-13-7-4-8-14-38,39-15-9-5-10-16-39)40-17-11-6-12-18-40/h4-18,20-29,31-32H,2-3,19,30H2,1H3. The number of rotatable bonds is 12. The van der Waals surface area contributed by atoms with Crippen LogP contribution in [-0.2, 0) is 18.5 Å². The fourth-order valence-electron chi connectivity index (χ4n) is 7.01. The van der Waals surface area contributed by atoms with Gasteiger partial charge in [-0.3, -0.25) is 0 Å². The molecule has 5 aromatic carbocycles. The van der Waals surface area contributed by atoms with Crippen LogP contribution in [0.5, 0.6) is 0 Å². The molecule has 8 aromatic rings. The zero-order valence-electron chi connectivity index (χ0n) is 29.0. The first-order valence-corrected chi connectivity index (χ1v) is 17.7. The lowest BCUT2D eigenvalue weighted by Gasteiger charge is -2.36. The summed E-state index contributed by atoms with van der Waals surface area (Å²) in [5.41, 5.74) is 8.62. The summed E-state index contributed by atoms with van der Waals surface area (Å²) < 4.78 is 4.23. The van der Waals surface area contributed by atoms with Crippen molar-refractivity contribution in [2.45, 2.75) is 38.3 Å². The number of nitrogens with zero attached hydrogens (tertiary/aromatic N) is 8. The van der Waals surface area contributed by atoms with Crippen molar-refractivity contribution in [2.24, 2.45) is 0 Å². The highest BCUT2D eigenvalue weighted by molar-refractivity contribution is 5.68. The van der Waals surface area contributed by atoms with E-state index in [0.717, 1.165) is 76.3 Å². The molecule has 254 valence electrons. The number of aryl methyl sites for hydroxylation is 1. The predicted molar refractivity (Wildman–Crippen MR) is 204 cm³/mol. The minimum Gasteiger partial charge on any atom is -0.330 e. The van der Waals surface area contributed by atoms with Crippen LogP contribution in [0.2, 0.25) is 0 Å². The lowest BCUT2D eigenvalue weighted by molar-refractivity contribution is 0.451. The molecule has 0 radical (unpaired) electrons. The molecular weight excluding hydrogens is 641 g/mol. The molecule has 0 aliphatic heterocycles. The quantitative estimate of drug-likeness (QED) is 0.120. The normalized spacial score (nSPS) is 11.5. The second kappa shape index (κ2) is 14.7. The van der Waals surface area contributed by atoms with Gasteiger partial charge in [0, 0.05) is 42.7 Å². The van der Waals surface area contributed by atoms with Crippen molar-refractivity contribution in [3.8, 4) is 33.8 Å². The summed E-state index contributed by atoms with van der Waals surface area (Å²) in [7, 11) is 0. The van der Waals surface area contributed by atoms with E-state index in [1.165, 1.54) is 5.56 Å². The van der Waals surface area contributed by atoms with E-state index >= 15 is 0 Å². The molecule has 0 atom stereocenters. The number of benzene rings is 5. The maximum Gasteiger partial charge on any atom is 0.183 e. The molecule has 0 aliphatic carbocycles. The minimum atomic E-state index is -0.807. The van der Waals surface area contributed by atoms with Crippen LogP contribution in [0.3, 0.4) is 0 Å². The summed E-state index contributed by atoms with van der Waals surface area (Å²) in [6.07, 6.45) is 10.4. The number of unbranched alkanes of at least 4 members (excludes halogenated alkanes) is 1. The van der Waals surface area contributed by atoms with Gasteiger partial charge in [-0.2, -0.15) is 0 Å². The molecule has 8 nitrogen and oxygen atoms in total. The summed E-state index contributed by atoms with van der Waals surface area (Å²) in [5.74, 6) is 1.76. The summed E-state index contributed by atoms with van der Waals surface area (Å²) in [6, 6.07) is 48.7. The zero-order chi connectivity index (χ0) is 35.2. The number of imidazole rings is 1. The third kappa shape index (κ3) is 6.31. The van der Waals surface area contributed by atoms with Gasteiger partial charge in [0.05, 0.1) is 5.69 Å². The van der Waals surface area contributed by atoms with Gasteiger partial charge in [-0.15, -0.1) is 5.10 Å². The topological polar surface area (TPSA) is 87.2 Å². The number of hydrogen-bond acceptors (Lipinski definition) is 6. The highest BCUT2D eigenvalue weighted by Gasteiger charge is 2.41. The number of hydrogen-bond donors (Lipinski definition) is 0. The Morgan fingerprint density at radius 1 is 0.596 bits per heavy atom. The summed E-state index contributed by atoms with van der Waals surface area (Å²) in [5, 5.41) is 13.6. The summed E-state index contributed by atoms with van der Waals surface area (Å²) >= 11 is 0. The first-order valence-electron chi connectivity index (χ1n) is 17.7. The maximum absolute atomic E-state index is 4.95. The molecule has 52 heavy (non-hydrogen) atoms. The van der Waals surface area contributed by atoms with Crippen molar-refractivity contribution in [3.05, 3.63) is 193 Å². The van der Waals surface area contributed by atoms with E-state index in [9.17, 15) is 0 Å². The molecule has 0 N–H and O–H groups in total. The van der Waals surface area contributed by atoms with Crippen LogP contribution < -0.4 is 0 Å². The second-order valence-electron chi connectivity index (χ2n) is 12.9. The van der Waals surface area contributed by atoms with Crippen molar-refractivity contribution in [3.63, 3.8) is 0 Å². The molecule has 3 aromatic heterocycles. The van der Waals surface area contributed by atoms with E-state index in [0.29, 0.717) is 5.82 Å². The van der Waals surface area contributed by atoms with Gasteiger partial charge in [0.25, 0.3) is 0 Å². The molecule has 3 heterocycles. The molecule has 8 rings (SSSR count). The van der Waals surface area contributed by atoms with Crippen LogP contribution in [0.25, 0.3) is 33.8 Å². The van der Waals surface area contributed by atoms with Crippen molar-refractivity contribution in [1.29, 1.82) is 0 Å². The maximum atomic E-state index is 4.95. The minimum absolute atomic E-state index is 0.680. The van der Waals surface area contributed by atoms with Gasteiger partial charge < -0.3 is 4.57 Å². The molecule has 0 spiro atoms. The van der Waals surface area contributed by atoms with Crippen LogP contribution >= 0.6 is 0 Å². The molecule has 0 aliphatic rings. The molecule has 0 unspecified atom stereocenters. The van der Waals surface area contributed by atoms with Gasteiger partial charge in [0.1, 0.15) is 17.7 Å². The van der Waals surface area contributed by atoms with Crippen molar-refractivity contribution in [2.75, 3.05) is 0 Å². The fraction of sp³-hybridized carbons (Fsp3) is 0.136. The largest absolute Gasteiger partial charge is 0.330 e. The summed E-state index contributed by atoms with van der Waals surface area (Å²) in [6.45, 7) is 2.95. The van der Waals surface area contributed by atoms with E-state index in [-0.39, 0.29) is 0 Å². The SMILES string of the molecule is CCCCc1nc(-c2cncnc2)cn1Cc1ccc(-c2ccc(-c3nnnn3C(c3ccccc3)(c3ccccc3)c3ccccc3)cc2)cc1. The summed E-state index contributed by atoms with van der Waals surface area (Å²) in [4.78, 5) is 13.3. The Morgan fingerprint density at radius 3 is 1.69 bits per heavy atom. The Bertz CT molecular complexity index is 2240. The highest BCUT2D eigenvalue weighted by atomic mass is 15.6. The van der Waals surface area contributed by atoms with Crippen LogP contribution in [-0.4, -0.2) is 39.7 Å². The van der Waals surface area contributed by atoms with Crippen LogP contribution in [0, 0.1) is 0 Å². The molecule has 0 saturated heterocycles. The van der Waals surface area contributed by atoms with Crippen molar-refractivity contribution < 1.29 is 0 Å². The number of tetrazole rings is 1. The highest BCUT2D eigenvalue weighted by Crippen LogP contribution is 2.42.